The Kier molecular flexibility index (Phi) is 6.57. The van der Waals surface area contributed by atoms with Gasteiger partial charge in [-0.1, -0.05) is 25.5 Å². The Morgan fingerprint density at radius 3 is 2.33 bits per heavy atom. The van der Waals surface area contributed by atoms with Crippen LogP contribution in [0.25, 0.3) is 0 Å². The lowest BCUT2D eigenvalue weighted by Crippen LogP contribution is -2.17. The number of aromatic carboxylic acids is 1. The number of esters is 1. The number of sulfonamides is 1. The van der Waals surface area contributed by atoms with Gasteiger partial charge in [0, 0.05) is 0 Å². The summed E-state index contributed by atoms with van der Waals surface area (Å²) in [5.74, 6) is -2.08. The number of rotatable bonds is 8. The van der Waals surface area contributed by atoms with Crippen LogP contribution in [-0.2, 0) is 21.2 Å². The van der Waals surface area contributed by atoms with Crippen molar-refractivity contribution < 1.29 is 27.9 Å². The highest BCUT2D eigenvalue weighted by Crippen LogP contribution is 2.23. The van der Waals surface area contributed by atoms with E-state index in [9.17, 15) is 18.0 Å². The maximum absolute atomic E-state index is 12.6. The summed E-state index contributed by atoms with van der Waals surface area (Å²) in [5, 5.41) is 9.06. The summed E-state index contributed by atoms with van der Waals surface area (Å²) in [6.07, 6.45) is 2.93. The summed E-state index contributed by atoms with van der Waals surface area (Å²) in [6, 6.07) is 9.99. The topological polar surface area (TPSA) is 110 Å². The molecule has 0 saturated carbocycles. The number of carboxylic acid groups (broad SMARTS) is 1. The number of hydrogen-bond donors (Lipinski definition) is 2. The van der Waals surface area contributed by atoms with Gasteiger partial charge in [0.1, 0.15) is 0 Å². The molecule has 0 aliphatic heterocycles. The minimum Gasteiger partial charge on any atom is -0.478 e. The van der Waals surface area contributed by atoms with Crippen molar-refractivity contribution in [1.82, 2.24) is 0 Å². The Labute approximate surface area is 158 Å². The van der Waals surface area contributed by atoms with Gasteiger partial charge in [-0.2, -0.15) is 0 Å². The van der Waals surface area contributed by atoms with Crippen molar-refractivity contribution >= 4 is 27.6 Å². The molecule has 8 heteroatoms. The Bertz CT molecular complexity index is 935. The van der Waals surface area contributed by atoms with Crippen molar-refractivity contribution in [1.29, 1.82) is 0 Å². The van der Waals surface area contributed by atoms with E-state index in [0.29, 0.717) is 0 Å². The maximum Gasteiger partial charge on any atom is 0.340 e. The number of ether oxygens (including phenoxy) is 1. The molecule has 0 heterocycles. The average molecular weight is 391 g/mol. The van der Waals surface area contributed by atoms with Crippen molar-refractivity contribution in [3.8, 4) is 0 Å². The van der Waals surface area contributed by atoms with Crippen LogP contribution in [0.3, 0.4) is 0 Å². The number of hydrogen-bond acceptors (Lipinski definition) is 5. The van der Waals surface area contributed by atoms with Gasteiger partial charge >= 0.3 is 11.9 Å². The molecule has 2 N–H and O–H groups in total. The first-order chi connectivity index (χ1) is 12.8. The predicted octanol–water partition coefficient (Wildman–Crippen LogP) is 3.31. The third-order valence-electron chi connectivity index (χ3n) is 3.97. The van der Waals surface area contributed by atoms with E-state index < -0.39 is 22.0 Å². The Morgan fingerprint density at radius 1 is 1.11 bits per heavy atom. The first kappa shape index (κ1) is 20.4. The molecule has 2 aromatic rings. The molecule has 0 unspecified atom stereocenters. The van der Waals surface area contributed by atoms with Gasteiger partial charge in [0.25, 0.3) is 10.0 Å². The van der Waals surface area contributed by atoms with Gasteiger partial charge < -0.3 is 9.84 Å². The van der Waals surface area contributed by atoms with E-state index in [2.05, 4.69) is 16.4 Å². The van der Waals surface area contributed by atoms with Gasteiger partial charge in [-0.3, -0.25) is 4.72 Å². The van der Waals surface area contributed by atoms with Gasteiger partial charge in [-0.25, -0.2) is 18.0 Å². The predicted molar refractivity (Wildman–Crippen MR) is 101 cm³/mol. The van der Waals surface area contributed by atoms with E-state index in [1.165, 1.54) is 24.3 Å². The summed E-state index contributed by atoms with van der Waals surface area (Å²) in [5.41, 5.74) is 0.651. The number of nitrogens with one attached hydrogen (secondary N) is 1. The lowest BCUT2D eigenvalue weighted by molar-refractivity contribution is 0.0602. The van der Waals surface area contributed by atoms with E-state index in [0.717, 1.165) is 38.0 Å². The molecule has 144 valence electrons. The molecular weight excluding hydrogens is 370 g/mol. The molecule has 2 rings (SSSR count). The van der Waals surface area contributed by atoms with Crippen molar-refractivity contribution in [2.45, 2.75) is 31.1 Å². The fraction of sp³-hybridized carbons (Fsp3) is 0.263. The van der Waals surface area contributed by atoms with Crippen LogP contribution in [0.15, 0.2) is 47.4 Å². The molecule has 0 aromatic heterocycles. The molecule has 0 amide bonds. The number of benzene rings is 2. The lowest BCUT2D eigenvalue weighted by atomic mass is 10.1. The van der Waals surface area contributed by atoms with Gasteiger partial charge in [-0.05, 0) is 48.7 Å². The van der Waals surface area contributed by atoms with Crippen molar-refractivity contribution in [3.63, 3.8) is 0 Å². The maximum atomic E-state index is 12.6. The van der Waals surface area contributed by atoms with Crippen molar-refractivity contribution in [2.75, 3.05) is 11.8 Å². The molecule has 0 aliphatic rings. The van der Waals surface area contributed by atoms with E-state index >= 15 is 0 Å². The lowest BCUT2D eigenvalue weighted by Gasteiger charge is -2.12. The van der Waals surface area contributed by atoms with Gasteiger partial charge in [0.05, 0.1) is 28.8 Å². The minimum absolute atomic E-state index is 0.0425. The standard InChI is InChI=1S/C19H21NO6S/c1-3-4-5-13-6-9-15(10-7-13)27(24,25)20-17-11-8-14(18(21)22)12-16(17)19(23)26-2/h6-12,20H,3-5H2,1-2H3,(H,21,22). The highest BCUT2D eigenvalue weighted by molar-refractivity contribution is 7.92. The second-order valence-electron chi connectivity index (χ2n) is 5.91. The SMILES string of the molecule is CCCCc1ccc(S(=O)(=O)Nc2ccc(C(=O)O)cc2C(=O)OC)cc1. The smallest absolute Gasteiger partial charge is 0.340 e. The van der Waals surface area contributed by atoms with Gasteiger partial charge in [-0.15, -0.1) is 0 Å². The monoisotopic (exact) mass is 391 g/mol. The number of carbonyl (C=O) groups excluding carboxylic acids is 1. The molecule has 7 nitrogen and oxygen atoms in total. The molecule has 27 heavy (non-hydrogen) atoms. The fourth-order valence-corrected chi connectivity index (χ4v) is 3.54. The molecule has 0 radical (unpaired) electrons. The number of carboxylic acids is 1. The summed E-state index contributed by atoms with van der Waals surface area (Å²) >= 11 is 0. The Hall–Kier alpha value is -2.87. The second-order valence-corrected chi connectivity index (χ2v) is 7.59. The second kappa shape index (κ2) is 8.68. The molecule has 0 atom stereocenters. The number of methoxy groups -OCH3 is 1. The Morgan fingerprint density at radius 2 is 1.78 bits per heavy atom. The van der Waals surface area contributed by atoms with Crippen LogP contribution in [-0.4, -0.2) is 32.6 Å². The average Bonchev–Trinajstić information content (AvgIpc) is 2.66. The highest BCUT2D eigenvalue weighted by Gasteiger charge is 2.21. The molecule has 0 bridgehead atoms. The molecular formula is C19H21NO6S. The van der Waals surface area contributed by atoms with Crippen LogP contribution in [0.5, 0.6) is 0 Å². The van der Waals surface area contributed by atoms with Crippen LogP contribution in [0, 0.1) is 0 Å². The van der Waals surface area contributed by atoms with Crippen molar-refractivity contribution in [3.05, 3.63) is 59.2 Å². The zero-order valence-corrected chi connectivity index (χ0v) is 15.9. The zero-order chi connectivity index (χ0) is 20.0. The summed E-state index contributed by atoms with van der Waals surface area (Å²) < 4.78 is 32.2. The summed E-state index contributed by atoms with van der Waals surface area (Å²) in [7, 11) is -2.83. The van der Waals surface area contributed by atoms with Crippen LogP contribution in [0.1, 0.15) is 46.0 Å². The number of aryl methyl sites for hydroxylation is 1. The van der Waals surface area contributed by atoms with E-state index in [-0.39, 0.29) is 21.7 Å². The van der Waals surface area contributed by atoms with Crippen LogP contribution >= 0.6 is 0 Å². The van der Waals surface area contributed by atoms with Crippen molar-refractivity contribution in [2.24, 2.45) is 0 Å². The summed E-state index contributed by atoms with van der Waals surface area (Å²) in [6.45, 7) is 2.08. The first-order valence-electron chi connectivity index (χ1n) is 8.36. The van der Waals surface area contributed by atoms with Crippen LogP contribution < -0.4 is 4.72 Å². The van der Waals surface area contributed by atoms with E-state index in [1.54, 1.807) is 12.1 Å². The number of carbonyl (C=O) groups is 2. The third-order valence-corrected chi connectivity index (χ3v) is 5.35. The Balaban J connectivity index is 2.34. The normalized spacial score (nSPS) is 11.0. The molecule has 0 aliphatic carbocycles. The van der Waals surface area contributed by atoms with Gasteiger partial charge in [0.15, 0.2) is 0 Å². The minimum atomic E-state index is -3.95. The molecule has 0 spiro atoms. The third kappa shape index (κ3) is 5.07. The van der Waals surface area contributed by atoms with E-state index in [1.807, 2.05) is 0 Å². The molecule has 2 aromatic carbocycles. The molecule has 0 saturated heterocycles. The number of unbranched alkanes of at least 4 members (excludes halogenated alkanes) is 1. The van der Waals surface area contributed by atoms with Crippen LogP contribution in [0.4, 0.5) is 5.69 Å². The summed E-state index contributed by atoms with van der Waals surface area (Å²) in [4.78, 5) is 23.1. The quantitative estimate of drug-likeness (QED) is 0.668. The fourth-order valence-electron chi connectivity index (χ4n) is 2.46. The van der Waals surface area contributed by atoms with Crippen LogP contribution in [0.2, 0.25) is 0 Å². The molecule has 0 fully saturated rings. The van der Waals surface area contributed by atoms with E-state index in [4.69, 9.17) is 5.11 Å². The van der Waals surface area contributed by atoms with Gasteiger partial charge in [0.2, 0.25) is 0 Å². The zero-order valence-electron chi connectivity index (χ0n) is 15.1. The largest absolute Gasteiger partial charge is 0.478 e. The highest BCUT2D eigenvalue weighted by atomic mass is 32.2. The first-order valence-corrected chi connectivity index (χ1v) is 9.84. The number of anilines is 1.